The summed E-state index contributed by atoms with van der Waals surface area (Å²) in [6, 6.07) is 0.186. The van der Waals surface area contributed by atoms with E-state index in [1.165, 1.54) is 19.3 Å². The minimum atomic E-state index is -0.0179. The monoisotopic (exact) mass is 265 g/mol. The largest absolute Gasteiger partial charge is 0.383 e. The molecule has 0 spiro atoms. The van der Waals surface area contributed by atoms with E-state index in [0.29, 0.717) is 12.5 Å². The molecule has 0 radical (unpaired) electrons. The van der Waals surface area contributed by atoms with E-state index in [1.54, 1.807) is 7.11 Å². The van der Waals surface area contributed by atoms with E-state index in [9.17, 15) is 4.79 Å². The maximum atomic E-state index is 12.8. The second kappa shape index (κ2) is 5.08. The zero-order valence-electron chi connectivity index (χ0n) is 12.3. The Balaban J connectivity index is 1.69. The lowest BCUT2D eigenvalue weighted by Gasteiger charge is -2.55. The van der Waals surface area contributed by atoms with Crippen LogP contribution in [-0.2, 0) is 9.53 Å². The number of hydrogen-bond donors (Lipinski definition) is 1. The topological polar surface area (TPSA) is 38.3 Å². The average Bonchev–Trinajstić information content (AvgIpc) is 2.36. The van der Waals surface area contributed by atoms with Crippen LogP contribution < -0.4 is 5.32 Å². The molecule has 0 aromatic heterocycles. The maximum Gasteiger partial charge on any atom is 0.226 e. The Labute approximate surface area is 116 Å². The van der Waals surface area contributed by atoms with Gasteiger partial charge in [-0.05, 0) is 62.7 Å². The Kier molecular flexibility index (Phi) is 3.59. The Morgan fingerprint density at radius 2 is 1.74 bits per heavy atom. The molecular weight excluding hydrogens is 238 g/mol. The Morgan fingerprint density at radius 3 is 2.16 bits per heavy atom. The van der Waals surface area contributed by atoms with Gasteiger partial charge in [-0.2, -0.15) is 0 Å². The maximum absolute atomic E-state index is 12.8. The van der Waals surface area contributed by atoms with E-state index >= 15 is 0 Å². The van der Waals surface area contributed by atoms with E-state index in [0.717, 1.165) is 43.4 Å². The highest BCUT2D eigenvalue weighted by Gasteiger charge is 2.54. The molecule has 1 N–H and O–H groups in total. The van der Waals surface area contributed by atoms with Gasteiger partial charge in [-0.1, -0.05) is 6.92 Å². The van der Waals surface area contributed by atoms with Gasteiger partial charge in [-0.3, -0.25) is 4.79 Å². The fourth-order valence-electron chi connectivity index (χ4n) is 5.19. The molecule has 108 valence electrons. The van der Waals surface area contributed by atoms with Gasteiger partial charge in [-0.25, -0.2) is 0 Å². The summed E-state index contributed by atoms with van der Waals surface area (Å²) in [5.41, 5.74) is -0.0179. The van der Waals surface area contributed by atoms with Crippen LogP contribution in [0.3, 0.4) is 0 Å². The molecule has 1 atom stereocenters. The van der Waals surface area contributed by atoms with E-state index in [1.807, 2.05) is 0 Å². The lowest BCUT2D eigenvalue weighted by molar-refractivity contribution is -0.147. The summed E-state index contributed by atoms with van der Waals surface area (Å²) < 4.78 is 5.20. The Hall–Kier alpha value is -0.570. The van der Waals surface area contributed by atoms with Crippen LogP contribution in [0.1, 0.15) is 51.9 Å². The zero-order chi connectivity index (χ0) is 13.5. The second-order valence-electron chi connectivity index (χ2n) is 7.23. The predicted molar refractivity (Wildman–Crippen MR) is 74.7 cm³/mol. The van der Waals surface area contributed by atoms with E-state index in [-0.39, 0.29) is 11.5 Å². The molecule has 3 heteroatoms. The minimum Gasteiger partial charge on any atom is -0.383 e. The molecule has 19 heavy (non-hydrogen) atoms. The van der Waals surface area contributed by atoms with Gasteiger partial charge in [0.1, 0.15) is 0 Å². The first kappa shape index (κ1) is 13.4. The molecule has 0 heterocycles. The Morgan fingerprint density at radius 1 is 1.21 bits per heavy atom. The van der Waals surface area contributed by atoms with E-state index in [2.05, 4.69) is 12.2 Å². The summed E-state index contributed by atoms with van der Waals surface area (Å²) >= 11 is 0. The smallest absolute Gasteiger partial charge is 0.226 e. The number of rotatable bonds is 5. The standard InChI is InChI=1S/C16H27NO2/c1-3-14(10-19-2)17-15(18)16-7-11-4-12(8-16)6-13(5-11)9-16/h11-14H,3-10H2,1-2H3,(H,17,18)/t11?,12?,13?,14-,16?/m0/s1. The number of carbonyl (C=O) groups is 1. The van der Waals surface area contributed by atoms with Gasteiger partial charge < -0.3 is 10.1 Å². The zero-order valence-corrected chi connectivity index (χ0v) is 12.3. The van der Waals surface area contributed by atoms with Crippen LogP contribution in [-0.4, -0.2) is 25.7 Å². The van der Waals surface area contributed by atoms with Gasteiger partial charge in [0.25, 0.3) is 0 Å². The molecule has 4 aliphatic carbocycles. The molecule has 4 aliphatic rings. The molecule has 1 amide bonds. The number of amides is 1. The molecule has 4 rings (SSSR count). The SMILES string of the molecule is CC[C@@H](COC)NC(=O)C12CC3CC(CC(C3)C1)C2. The third kappa shape index (κ3) is 2.42. The van der Waals surface area contributed by atoms with E-state index < -0.39 is 0 Å². The van der Waals surface area contributed by atoms with Crippen molar-refractivity contribution in [3.8, 4) is 0 Å². The molecule has 4 saturated carbocycles. The number of hydrogen-bond acceptors (Lipinski definition) is 2. The van der Waals surface area contributed by atoms with Crippen LogP contribution in [0, 0.1) is 23.2 Å². The molecule has 4 bridgehead atoms. The van der Waals surface area contributed by atoms with Gasteiger partial charge in [-0.15, -0.1) is 0 Å². The van der Waals surface area contributed by atoms with Crippen molar-refractivity contribution in [1.29, 1.82) is 0 Å². The van der Waals surface area contributed by atoms with Crippen LogP contribution >= 0.6 is 0 Å². The molecule has 4 fully saturated rings. The lowest BCUT2D eigenvalue weighted by Crippen LogP contribution is -2.55. The van der Waals surface area contributed by atoms with Crippen molar-refractivity contribution in [1.82, 2.24) is 5.32 Å². The first-order valence-electron chi connectivity index (χ1n) is 7.95. The Bertz CT molecular complexity index is 317. The van der Waals surface area contributed by atoms with Gasteiger partial charge in [0, 0.05) is 12.5 Å². The molecular formula is C16H27NO2. The van der Waals surface area contributed by atoms with E-state index in [4.69, 9.17) is 4.74 Å². The number of nitrogens with one attached hydrogen (secondary N) is 1. The summed E-state index contributed by atoms with van der Waals surface area (Å²) in [7, 11) is 1.71. The van der Waals surface area contributed by atoms with Crippen molar-refractivity contribution < 1.29 is 9.53 Å². The molecule has 0 aliphatic heterocycles. The first-order valence-corrected chi connectivity index (χ1v) is 7.95. The second-order valence-corrected chi connectivity index (χ2v) is 7.23. The summed E-state index contributed by atoms with van der Waals surface area (Å²) in [5.74, 6) is 2.83. The highest BCUT2D eigenvalue weighted by atomic mass is 16.5. The molecule has 3 nitrogen and oxygen atoms in total. The van der Waals surface area contributed by atoms with Crippen LogP contribution in [0.2, 0.25) is 0 Å². The van der Waals surface area contributed by atoms with Crippen LogP contribution in [0.4, 0.5) is 0 Å². The van der Waals surface area contributed by atoms with Crippen LogP contribution in [0.5, 0.6) is 0 Å². The van der Waals surface area contributed by atoms with Gasteiger partial charge in [0.05, 0.1) is 12.6 Å². The van der Waals surface area contributed by atoms with Gasteiger partial charge >= 0.3 is 0 Å². The summed E-state index contributed by atoms with van der Waals surface area (Å²) in [6.45, 7) is 2.75. The van der Waals surface area contributed by atoms with Crippen LogP contribution in [0.25, 0.3) is 0 Å². The van der Waals surface area contributed by atoms with Crippen LogP contribution in [0.15, 0.2) is 0 Å². The van der Waals surface area contributed by atoms with Crippen molar-refractivity contribution in [2.24, 2.45) is 23.2 Å². The molecule has 0 unspecified atom stereocenters. The van der Waals surface area contributed by atoms with Crippen molar-refractivity contribution in [2.45, 2.75) is 57.9 Å². The number of carbonyl (C=O) groups excluding carboxylic acids is 1. The van der Waals surface area contributed by atoms with Crippen molar-refractivity contribution in [2.75, 3.05) is 13.7 Å². The number of methoxy groups -OCH3 is 1. The highest BCUT2D eigenvalue weighted by molar-refractivity contribution is 5.83. The fourth-order valence-corrected chi connectivity index (χ4v) is 5.19. The fraction of sp³-hybridized carbons (Fsp3) is 0.938. The molecule has 0 saturated heterocycles. The summed E-state index contributed by atoms with van der Waals surface area (Å²) in [5, 5.41) is 3.26. The minimum absolute atomic E-state index is 0.0179. The third-order valence-corrected chi connectivity index (χ3v) is 5.72. The molecule has 0 aromatic rings. The average molecular weight is 265 g/mol. The lowest BCUT2D eigenvalue weighted by atomic mass is 9.49. The van der Waals surface area contributed by atoms with Gasteiger partial charge in [0.2, 0.25) is 5.91 Å². The molecule has 0 aromatic carbocycles. The van der Waals surface area contributed by atoms with Crippen molar-refractivity contribution in [3.05, 3.63) is 0 Å². The van der Waals surface area contributed by atoms with Crippen molar-refractivity contribution in [3.63, 3.8) is 0 Å². The summed E-state index contributed by atoms with van der Waals surface area (Å²) in [6.07, 6.45) is 8.56. The van der Waals surface area contributed by atoms with Gasteiger partial charge in [0.15, 0.2) is 0 Å². The summed E-state index contributed by atoms with van der Waals surface area (Å²) in [4.78, 5) is 12.8. The number of ether oxygens (including phenoxy) is 1. The normalized spacial score (nSPS) is 41.3. The van der Waals surface area contributed by atoms with Crippen molar-refractivity contribution >= 4 is 5.91 Å². The highest BCUT2D eigenvalue weighted by Crippen LogP contribution is 2.60. The third-order valence-electron chi connectivity index (χ3n) is 5.72. The quantitative estimate of drug-likeness (QED) is 0.830. The first-order chi connectivity index (χ1) is 9.15. The predicted octanol–water partition coefficient (Wildman–Crippen LogP) is 2.74.